The Morgan fingerprint density at radius 3 is 2.10 bits per heavy atom. The Labute approximate surface area is 86.4 Å². The number of carboxylic acid groups (broad SMARTS) is 1. The Balaban J connectivity index is 0. The van der Waals surface area contributed by atoms with E-state index in [1.165, 1.54) is 0 Å². The number of phosphoric ester groups is 1. The third-order valence-corrected chi connectivity index (χ3v) is 0.791. The van der Waals surface area contributed by atoms with Gasteiger partial charge >= 0.3 is 43.7 Å². The van der Waals surface area contributed by atoms with Gasteiger partial charge in [-0.15, -0.1) is 0 Å². The van der Waals surface area contributed by atoms with Crippen LogP contribution in [0.3, 0.4) is 0 Å². The fourth-order valence-electron chi connectivity index (χ4n) is 0.134. The number of aliphatic carboxylic acids is 1. The molecule has 8 heteroatoms. The first kappa shape index (κ1) is 13.4. The molecule has 0 saturated carbocycles. The average Bonchev–Trinajstić information content (AvgIpc) is 1.59. The van der Waals surface area contributed by atoms with E-state index in [0.29, 0.717) is 0 Å². The second-order valence-electron chi connectivity index (χ2n) is 1.11. The average molecular weight is 194 g/mol. The summed E-state index contributed by atoms with van der Waals surface area (Å²) in [5.74, 6) is -1.50. The molecule has 0 aromatic carbocycles. The first-order valence-electron chi connectivity index (χ1n) is 1.80. The van der Waals surface area contributed by atoms with Crippen molar-refractivity contribution >= 4 is 51.5 Å². The molecule has 6 nitrogen and oxygen atoms in total. The monoisotopic (exact) mass is 194 g/mol. The molecular formula is C2H3CaO6P. The number of carboxylic acids is 1. The Morgan fingerprint density at radius 2 is 2.00 bits per heavy atom. The van der Waals surface area contributed by atoms with Crippen LogP contribution in [0.4, 0.5) is 0 Å². The maximum absolute atomic E-state index is 9.52. The van der Waals surface area contributed by atoms with Gasteiger partial charge in [0.2, 0.25) is 0 Å². The molecular weight excluding hydrogens is 191 g/mol. The zero-order chi connectivity index (χ0) is 7.49. The van der Waals surface area contributed by atoms with E-state index >= 15 is 0 Å². The van der Waals surface area contributed by atoms with Crippen molar-refractivity contribution in [3.05, 3.63) is 0 Å². The minimum Gasteiger partial charge on any atom is -0.790 e. The summed E-state index contributed by atoms with van der Waals surface area (Å²) in [7, 11) is -5.10. The maximum Gasteiger partial charge on any atom is 2.00 e. The fraction of sp³-hybridized carbons (Fsp3) is 0.500. The molecule has 0 aromatic rings. The summed E-state index contributed by atoms with van der Waals surface area (Å²) in [6.45, 7) is -1.11. The van der Waals surface area contributed by atoms with Crippen LogP contribution in [-0.4, -0.2) is 55.4 Å². The molecule has 0 spiro atoms. The summed E-state index contributed by atoms with van der Waals surface area (Å²) in [5, 5.41) is 7.75. The number of hydrogen-bond donors (Lipinski definition) is 1. The van der Waals surface area contributed by atoms with Crippen molar-refractivity contribution in [1.82, 2.24) is 0 Å². The van der Waals surface area contributed by atoms with E-state index in [1.807, 2.05) is 0 Å². The molecule has 0 saturated heterocycles. The van der Waals surface area contributed by atoms with E-state index in [2.05, 4.69) is 4.52 Å². The Morgan fingerprint density at radius 1 is 1.60 bits per heavy atom. The smallest absolute Gasteiger partial charge is 0.790 e. The van der Waals surface area contributed by atoms with Gasteiger partial charge in [-0.3, -0.25) is 0 Å². The zero-order valence-electron chi connectivity index (χ0n) is 4.85. The van der Waals surface area contributed by atoms with Gasteiger partial charge in [0.15, 0.2) is 0 Å². The second-order valence-corrected chi connectivity index (χ2v) is 2.27. The number of carbonyl (C=O) groups is 1. The first-order valence-corrected chi connectivity index (χ1v) is 3.26. The summed E-state index contributed by atoms with van der Waals surface area (Å²) in [6, 6.07) is 0. The van der Waals surface area contributed by atoms with Crippen molar-refractivity contribution in [3.63, 3.8) is 0 Å². The molecule has 0 aliphatic carbocycles. The van der Waals surface area contributed by atoms with Gasteiger partial charge in [0, 0.05) is 0 Å². The van der Waals surface area contributed by atoms with Crippen LogP contribution in [0.5, 0.6) is 0 Å². The molecule has 10 heavy (non-hydrogen) atoms. The topological polar surface area (TPSA) is 110 Å². The third kappa shape index (κ3) is 11.6. The van der Waals surface area contributed by atoms with E-state index in [0.717, 1.165) is 0 Å². The van der Waals surface area contributed by atoms with Crippen molar-refractivity contribution in [3.8, 4) is 0 Å². The van der Waals surface area contributed by atoms with Crippen LogP contribution in [0.1, 0.15) is 0 Å². The normalized spacial score (nSPS) is 10.2. The van der Waals surface area contributed by atoms with Gasteiger partial charge in [-0.05, 0) is 0 Å². The molecule has 0 heterocycles. The van der Waals surface area contributed by atoms with Gasteiger partial charge in [0.05, 0.1) is 7.82 Å². The molecule has 0 fully saturated rings. The van der Waals surface area contributed by atoms with Crippen LogP contribution >= 0.6 is 7.82 Å². The van der Waals surface area contributed by atoms with Crippen molar-refractivity contribution in [2.75, 3.05) is 6.61 Å². The molecule has 0 rings (SSSR count). The van der Waals surface area contributed by atoms with E-state index in [-0.39, 0.29) is 37.7 Å². The summed E-state index contributed by atoms with van der Waals surface area (Å²) in [4.78, 5) is 28.6. The first-order chi connectivity index (χ1) is 3.92. The van der Waals surface area contributed by atoms with Crippen molar-refractivity contribution in [1.29, 1.82) is 0 Å². The molecule has 54 valence electrons. The predicted molar refractivity (Wildman–Crippen MR) is 26.9 cm³/mol. The van der Waals surface area contributed by atoms with E-state index in [4.69, 9.17) is 5.11 Å². The quantitative estimate of drug-likeness (QED) is 0.394. The molecule has 0 unspecified atom stereocenters. The van der Waals surface area contributed by atoms with Gasteiger partial charge in [-0.25, -0.2) is 4.79 Å². The van der Waals surface area contributed by atoms with Gasteiger partial charge in [-0.1, -0.05) is 0 Å². The van der Waals surface area contributed by atoms with Gasteiger partial charge in [0.25, 0.3) is 0 Å². The fourth-order valence-corrected chi connectivity index (χ4v) is 0.403. The standard InChI is InChI=1S/C2H5O6P.Ca/c3-2(4)1-8-9(5,6)7;/h1H2,(H,3,4)(H2,5,6,7);/q;+2/p-2. The molecule has 0 amide bonds. The van der Waals surface area contributed by atoms with E-state index < -0.39 is 20.4 Å². The Bertz CT molecular complexity index is 150. The van der Waals surface area contributed by atoms with Crippen LogP contribution in [0.15, 0.2) is 0 Å². The molecule has 0 aliphatic heterocycles. The molecule has 0 atom stereocenters. The largest absolute Gasteiger partial charge is 2.00 e. The number of hydrogen-bond acceptors (Lipinski definition) is 5. The molecule has 0 radical (unpaired) electrons. The van der Waals surface area contributed by atoms with Gasteiger partial charge in [0.1, 0.15) is 6.61 Å². The van der Waals surface area contributed by atoms with Crippen LogP contribution < -0.4 is 9.79 Å². The minimum absolute atomic E-state index is 0. The summed E-state index contributed by atoms with van der Waals surface area (Å²) in [5.41, 5.74) is 0. The minimum atomic E-state index is -5.10. The van der Waals surface area contributed by atoms with E-state index in [1.54, 1.807) is 0 Å². The summed E-state index contributed by atoms with van der Waals surface area (Å²) >= 11 is 0. The van der Waals surface area contributed by atoms with Gasteiger partial charge < -0.3 is 24.0 Å². The molecule has 0 bridgehead atoms. The van der Waals surface area contributed by atoms with Crippen LogP contribution in [-0.2, 0) is 13.9 Å². The van der Waals surface area contributed by atoms with E-state index in [9.17, 15) is 19.1 Å². The number of rotatable bonds is 3. The predicted octanol–water partition coefficient (Wildman–Crippen LogP) is -2.46. The molecule has 1 N–H and O–H groups in total. The van der Waals surface area contributed by atoms with Gasteiger partial charge in [-0.2, -0.15) is 0 Å². The second kappa shape index (κ2) is 5.49. The van der Waals surface area contributed by atoms with Crippen molar-refractivity contribution < 1.29 is 28.8 Å². The van der Waals surface area contributed by atoms with Crippen LogP contribution in [0, 0.1) is 0 Å². The summed E-state index contributed by atoms with van der Waals surface area (Å²) < 4.78 is 12.9. The SMILES string of the molecule is O=C(O)COP(=O)([O-])[O-].[Ca+2]. The molecule has 0 aliphatic rings. The van der Waals surface area contributed by atoms with Crippen molar-refractivity contribution in [2.45, 2.75) is 0 Å². The third-order valence-electron chi connectivity index (χ3n) is 0.346. The zero-order valence-corrected chi connectivity index (χ0v) is 7.95. The molecule has 0 aromatic heterocycles. The number of phosphoric acid groups is 1. The maximum atomic E-state index is 9.52. The van der Waals surface area contributed by atoms with Crippen molar-refractivity contribution in [2.24, 2.45) is 0 Å². The summed E-state index contributed by atoms with van der Waals surface area (Å²) in [6.07, 6.45) is 0. The van der Waals surface area contributed by atoms with Crippen LogP contribution in [0.25, 0.3) is 0 Å². The van der Waals surface area contributed by atoms with Crippen LogP contribution in [0.2, 0.25) is 0 Å². The Hall–Kier alpha value is 0.840. The Kier molecular flexibility index (Phi) is 7.37.